The minimum Gasteiger partial charge on any atom is -0.504 e. The van der Waals surface area contributed by atoms with E-state index in [1.807, 2.05) is 0 Å². The van der Waals surface area contributed by atoms with Gasteiger partial charge in [0.15, 0.2) is 11.5 Å². The second-order valence-electron chi connectivity index (χ2n) is 2.97. The van der Waals surface area contributed by atoms with Gasteiger partial charge in [0.25, 0.3) is 0 Å². The number of nitrogens with two attached hydrogens (primary N) is 1. The molecule has 0 fully saturated rings. The van der Waals surface area contributed by atoms with Crippen molar-refractivity contribution in [2.75, 3.05) is 0 Å². The van der Waals surface area contributed by atoms with Crippen LogP contribution in [0.3, 0.4) is 0 Å². The number of aromatic hydroxyl groups is 2. The molecule has 0 aliphatic rings. The van der Waals surface area contributed by atoms with Crippen LogP contribution in [-0.2, 0) is 11.2 Å². The predicted molar refractivity (Wildman–Crippen MR) is 52.3 cm³/mol. The van der Waals surface area contributed by atoms with E-state index in [2.05, 4.69) is 0 Å². The summed E-state index contributed by atoms with van der Waals surface area (Å²) in [6.07, 6.45) is 0.114. The molecule has 1 aromatic carbocycles. The zero-order valence-electron chi connectivity index (χ0n) is 7.84. The lowest BCUT2D eigenvalue weighted by Crippen LogP contribution is -2.32. The maximum absolute atomic E-state index is 10.4. The fraction of sp³-hybridized carbons (Fsp3) is 0.200. The van der Waals surface area contributed by atoms with Crippen molar-refractivity contribution in [2.45, 2.75) is 12.5 Å². The molecule has 5 nitrogen and oxygen atoms in total. The highest BCUT2D eigenvalue weighted by Gasteiger charge is 2.12. The maximum Gasteiger partial charge on any atom is 0.320 e. The van der Waals surface area contributed by atoms with Gasteiger partial charge in [-0.05, 0) is 24.1 Å². The minimum atomic E-state index is -1.10. The summed E-state index contributed by atoms with van der Waals surface area (Å²) >= 11 is 0. The maximum atomic E-state index is 10.4. The van der Waals surface area contributed by atoms with E-state index < -0.39 is 12.0 Å². The summed E-state index contributed by atoms with van der Waals surface area (Å²) in [6, 6.07) is 3.09. The van der Waals surface area contributed by atoms with Gasteiger partial charge in [-0.3, -0.25) is 4.79 Å². The zero-order valence-corrected chi connectivity index (χ0v) is 7.84. The summed E-state index contributed by atoms with van der Waals surface area (Å²) < 4.78 is 0. The fourth-order valence-electron chi connectivity index (χ4n) is 1.04. The molecule has 0 aliphatic carbocycles. The molecule has 0 heterocycles. The highest BCUT2D eigenvalue weighted by molar-refractivity contribution is 5.73. The van der Waals surface area contributed by atoms with E-state index in [9.17, 15) is 4.79 Å². The first-order valence-corrected chi connectivity index (χ1v) is 4.00. The van der Waals surface area contributed by atoms with Gasteiger partial charge < -0.3 is 21.1 Å². The van der Waals surface area contributed by atoms with Gasteiger partial charge in [0.2, 0.25) is 0 Å². The molecule has 4 radical (unpaired) electrons. The van der Waals surface area contributed by atoms with E-state index in [0.29, 0.717) is 5.56 Å². The Kier molecular flexibility index (Phi) is 4.60. The Hall–Kier alpha value is -1.75. The molecule has 0 amide bonds. The quantitative estimate of drug-likeness (QED) is 0.530. The average Bonchev–Trinajstić information content (AvgIpc) is 2.11. The molecule has 5 heteroatoms. The number of hydrogen-bond acceptors (Lipinski definition) is 4. The number of carboxylic acids is 1. The van der Waals surface area contributed by atoms with Crippen LogP contribution in [0.25, 0.3) is 0 Å². The highest BCUT2D eigenvalue weighted by atomic mass is 16.4. The van der Waals surface area contributed by atoms with Crippen molar-refractivity contribution in [3.05, 3.63) is 31.2 Å². The van der Waals surface area contributed by atoms with Crippen molar-refractivity contribution in [2.24, 2.45) is 5.73 Å². The van der Waals surface area contributed by atoms with Gasteiger partial charge >= 0.3 is 5.97 Å². The lowest BCUT2D eigenvalue weighted by Gasteiger charge is -2.06. The lowest BCUT2D eigenvalue weighted by atomic mass is 10.1. The van der Waals surface area contributed by atoms with Gasteiger partial charge in [0.05, 0.1) is 0 Å². The molecule has 1 aromatic rings. The molecule has 0 aliphatic heterocycles. The van der Waals surface area contributed by atoms with Crippen LogP contribution in [0, 0.1) is 7.43 Å². The van der Waals surface area contributed by atoms with Crippen molar-refractivity contribution in [3.8, 4) is 11.5 Å². The van der Waals surface area contributed by atoms with Crippen LogP contribution < -0.4 is 5.73 Å². The first-order chi connectivity index (χ1) is 6.50. The first-order valence-electron chi connectivity index (χ1n) is 4.00. The molecular weight excluding hydrogens is 198 g/mol. The van der Waals surface area contributed by atoms with Gasteiger partial charge in [-0.25, -0.2) is 0 Å². The summed E-state index contributed by atoms with van der Waals surface area (Å²) in [4.78, 5) is 10.4. The lowest BCUT2D eigenvalue weighted by molar-refractivity contribution is -0.138. The van der Waals surface area contributed by atoms with Crippen molar-refractivity contribution >= 4 is 5.97 Å². The van der Waals surface area contributed by atoms with Crippen molar-refractivity contribution < 1.29 is 20.1 Å². The average molecular weight is 209 g/mol. The normalized spacial score (nSPS) is 11.5. The van der Waals surface area contributed by atoms with Crippen LogP contribution in [0.15, 0.2) is 18.2 Å². The molecule has 80 valence electrons. The van der Waals surface area contributed by atoms with E-state index in [-0.39, 0.29) is 25.3 Å². The molecule has 1 atom stereocenters. The molecule has 0 saturated heterocycles. The van der Waals surface area contributed by atoms with Gasteiger partial charge in [-0.1, -0.05) is 6.07 Å². The molecule has 0 unspecified atom stereocenters. The van der Waals surface area contributed by atoms with Gasteiger partial charge in [0.1, 0.15) is 6.04 Å². The number of carboxylic acid groups (broad SMARTS) is 1. The van der Waals surface area contributed by atoms with E-state index in [0.717, 1.165) is 0 Å². The van der Waals surface area contributed by atoms with Crippen molar-refractivity contribution in [1.82, 2.24) is 0 Å². The Balaban J connectivity index is 0.00000196. The Bertz CT molecular complexity index is 351. The van der Waals surface area contributed by atoms with Crippen LogP contribution >= 0.6 is 0 Å². The number of phenolic OH excluding ortho intramolecular Hbond substituents is 2. The Morgan fingerprint density at radius 3 is 2.40 bits per heavy atom. The van der Waals surface area contributed by atoms with E-state index >= 15 is 0 Å². The topological polar surface area (TPSA) is 104 Å². The number of rotatable bonds is 3. The Labute approximate surface area is 87.8 Å². The van der Waals surface area contributed by atoms with Gasteiger partial charge in [-0.15, -0.1) is 0 Å². The van der Waals surface area contributed by atoms with Crippen LogP contribution in [0.1, 0.15) is 5.56 Å². The number of phenols is 2. The summed E-state index contributed by atoms with van der Waals surface area (Å²) in [5.74, 6) is -1.62. The van der Waals surface area contributed by atoms with Crippen LogP contribution in [0.5, 0.6) is 11.5 Å². The first kappa shape index (κ1) is 13.2. The summed E-state index contributed by atoms with van der Waals surface area (Å²) in [5.41, 5.74) is 5.86. The summed E-state index contributed by atoms with van der Waals surface area (Å²) in [5, 5.41) is 26.6. The molecule has 0 spiro atoms. The second-order valence-corrected chi connectivity index (χ2v) is 2.97. The predicted octanol–water partition coefficient (Wildman–Crippen LogP) is 0.133. The van der Waals surface area contributed by atoms with Gasteiger partial charge in [-0.2, -0.15) is 0 Å². The third-order valence-corrected chi connectivity index (χ3v) is 1.81. The smallest absolute Gasteiger partial charge is 0.320 e. The number of benzene rings is 1. The summed E-state index contributed by atoms with van der Waals surface area (Å²) in [7, 11) is 0. The Morgan fingerprint density at radius 1 is 1.33 bits per heavy atom. The van der Waals surface area contributed by atoms with Crippen molar-refractivity contribution in [3.63, 3.8) is 0 Å². The molecule has 15 heavy (non-hydrogen) atoms. The molecule has 1 rings (SSSR count). The fourth-order valence-corrected chi connectivity index (χ4v) is 1.04. The molecule has 0 aromatic heterocycles. The standard InChI is InChI=1S/C9H11NO4.C/c10-6(9(13)14)3-5-1-2-7(11)8(12)4-5;/h1-2,4,6,11-12H,3,10H2,(H,13,14);/t6-;/m0./s1. The summed E-state index contributed by atoms with van der Waals surface area (Å²) in [6.45, 7) is 0. The highest BCUT2D eigenvalue weighted by Crippen LogP contribution is 2.25. The number of carbonyl (C=O) groups is 1. The van der Waals surface area contributed by atoms with Gasteiger partial charge in [0, 0.05) is 7.43 Å². The monoisotopic (exact) mass is 209 g/mol. The van der Waals surface area contributed by atoms with Crippen molar-refractivity contribution in [1.29, 1.82) is 0 Å². The number of hydrogen-bond donors (Lipinski definition) is 4. The third kappa shape index (κ3) is 3.47. The molecule has 0 bridgehead atoms. The number of aliphatic carboxylic acids is 1. The van der Waals surface area contributed by atoms with E-state index in [4.69, 9.17) is 21.1 Å². The second kappa shape index (κ2) is 5.21. The zero-order chi connectivity index (χ0) is 10.7. The minimum absolute atomic E-state index is 0. The molecular formula is C10H11NO4. The Morgan fingerprint density at radius 2 is 1.93 bits per heavy atom. The molecule has 5 N–H and O–H groups in total. The van der Waals surface area contributed by atoms with E-state index in [1.54, 1.807) is 0 Å². The van der Waals surface area contributed by atoms with Crippen LogP contribution in [0.4, 0.5) is 0 Å². The largest absolute Gasteiger partial charge is 0.504 e. The van der Waals surface area contributed by atoms with Crippen LogP contribution in [-0.4, -0.2) is 27.3 Å². The SMILES string of the molecule is N[C@@H](Cc1ccc(O)c(O)c1)C(=O)O.[C]. The van der Waals surface area contributed by atoms with E-state index in [1.165, 1.54) is 18.2 Å². The third-order valence-electron chi connectivity index (χ3n) is 1.81. The molecule has 0 saturated carbocycles. The van der Waals surface area contributed by atoms with Crippen LogP contribution in [0.2, 0.25) is 0 Å².